The van der Waals surface area contributed by atoms with Gasteiger partial charge in [0.15, 0.2) is 0 Å². The molecule has 7 nitrogen and oxygen atoms in total. The second-order valence-electron chi connectivity index (χ2n) is 5.16. The molecule has 0 aliphatic carbocycles. The number of hydrogen-bond acceptors (Lipinski definition) is 4. The first kappa shape index (κ1) is 16.7. The SMILES string of the molecule is CCCCOCCNC(=O)NC1COCC1(C)C(=O)O. The van der Waals surface area contributed by atoms with Gasteiger partial charge < -0.3 is 25.2 Å². The van der Waals surface area contributed by atoms with Crippen LogP contribution in [0.4, 0.5) is 4.79 Å². The van der Waals surface area contributed by atoms with Crippen LogP contribution in [0.3, 0.4) is 0 Å². The Morgan fingerprint density at radius 1 is 1.45 bits per heavy atom. The molecule has 0 radical (unpaired) electrons. The Hall–Kier alpha value is -1.34. The quantitative estimate of drug-likeness (QED) is 0.568. The molecule has 0 aromatic rings. The molecule has 1 saturated heterocycles. The Bertz CT molecular complexity index is 337. The number of nitrogens with one attached hydrogen (secondary N) is 2. The third-order valence-electron chi connectivity index (χ3n) is 3.42. The van der Waals surface area contributed by atoms with Gasteiger partial charge in [-0.05, 0) is 13.3 Å². The number of carbonyl (C=O) groups is 2. The first-order valence-electron chi connectivity index (χ1n) is 6.94. The van der Waals surface area contributed by atoms with Crippen LogP contribution in [0.25, 0.3) is 0 Å². The van der Waals surface area contributed by atoms with Gasteiger partial charge in [0.25, 0.3) is 0 Å². The fraction of sp³-hybridized carbons (Fsp3) is 0.846. The van der Waals surface area contributed by atoms with Gasteiger partial charge in [-0.2, -0.15) is 0 Å². The number of urea groups is 1. The largest absolute Gasteiger partial charge is 0.481 e. The Morgan fingerprint density at radius 2 is 2.20 bits per heavy atom. The van der Waals surface area contributed by atoms with Crippen molar-refractivity contribution >= 4 is 12.0 Å². The number of carboxylic acids is 1. The maximum Gasteiger partial charge on any atom is 0.315 e. The van der Waals surface area contributed by atoms with Gasteiger partial charge >= 0.3 is 12.0 Å². The Morgan fingerprint density at radius 3 is 2.85 bits per heavy atom. The van der Waals surface area contributed by atoms with Gasteiger partial charge in [0.2, 0.25) is 0 Å². The lowest BCUT2D eigenvalue weighted by Gasteiger charge is -2.25. The van der Waals surface area contributed by atoms with E-state index in [4.69, 9.17) is 9.47 Å². The predicted octanol–water partition coefficient (Wildman–Crippen LogP) is 0.592. The van der Waals surface area contributed by atoms with Crippen LogP contribution < -0.4 is 10.6 Å². The zero-order valence-corrected chi connectivity index (χ0v) is 12.1. The van der Waals surface area contributed by atoms with E-state index in [2.05, 4.69) is 17.6 Å². The zero-order valence-electron chi connectivity index (χ0n) is 12.1. The van der Waals surface area contributed by atoms with Gasteiger partial charge in [0, 0.05) is 13.2 Å². The summed E-state index contributed by atoms with van der Waals surface area (Å²) >= 11 is 0. The summed E-state index contributed by atoms with van der Waals surface area (Å²) in [5.74, 6) is -0.969. The van der Waals surface area contributed by atoms with Crippen molar-refractivity contribution in [3.63, 3.8) is 0 Å². The minimum Gasteiger partial charge on any atom is -0.481 e. The first-order chi connectivity index (χ1) is 9.50. The smallest absolute Gasteiger partial charge is 0.315 e. The summed E-state index contributed by atoms with van der Waals surface area (Å²) in [6.45, 7) is 5.50. The number of unbranched alkanes of at least 4 members (excludes halogenated alkanes) is 1. The van der Waals surface area contributed by atoms with Crippen LogP contribution >= 0.6 is 0 Å². The molecule has 1 fully saturated rings. The predicted molar refractivity (Wildman–Crippen MR) is 72.6 cm³/mol. The van der Waals surface area contributed by atoms with Crippen molar-refractivity contribution in [1.29, 1.82) is 0 Å². The fourth-order valence-electron chi connectivity index (χ4n) is 1.88. The van der Waals surface area contributed by atoms with Crippen molar-refractivity contribution in [2.24, 2.45) is 5.41 Å². The molecule has 1 rings (SSSR count). The molecule has 0 aromatic carbocycles. The van der Waals surface area contributed by atoms with Gasteiger partial charge in [-0.25, -0.2) is 4.79 Å². The van der Waals surface area contributed by atoms with Gasteiger partial charge in [-0.3, -0.25) is 4.79 Å². The maximum absolute atomic E-state index is 11.7. The summed E-state index contributed by atoms with van der Waals surface area (Å²) in [7, 11) is 0. The van der Waals surface area contributed by atoms with Crippen molar-refractivity contribution in [1.82, 2.24) is 10.6 Å². The molecule has 1 heterocycles. The van der Waals surface area contributed by atoms with Gasteiger partial charge in [-0.15, -0.1) is 0 Å². The molecule has 2 unspecified atom stereocenters. The lowest BCUT2D eigenvalue weighted by atomic mass is 9.85. The normalized spacial score (nSPS) is 25.4. The van der Waals surface area contributed by atoms with E-state index in [1.807, 2.05) is 0 Å². The van der Waals surface area contributed by atoms with Crippen molar-refractivity contribution in [2.75, 3.05) is 33.0 Å². The van der Waals surface area contributed by atoms with Crippen molar-refractivity contribution in [2.45, 2.75) is 32.7 Å². The number of rotatable bonds is 8. The molecule has 7 heteroatoms. The van der Waals surface area contributed by atoms with Crippen molar-refractivity contribution in [3.05, 3.63) is 0 Å². The van der Waals surface area contributed by atoms with E-state index in [1.54, 1.807) is 6.92 Å². The molecule has 116 valence electrons. The monoisotopic (exact) mass is 288 g/mol. The summed E-state index contributed by atoms with van der Waals surface area (Å²) in [5, 5.41) is 14.5. The summed E-state index contributed by atoms with van der Waals surface area (Å²) in [6.07, 6.45) is 2.08. The van der Waals surface area contributed by atoms with E-state index in [1.165, 1.54) is 0 Å². The molecule has 1 aliphatic rings. The van der Waals surface area contributed by atoms with E-state index in [-0.39, 0.29) is 13.2 Å². The highest BCUT2D eigenvalue weighted by Crippen LogP contribution is 2.28. The molecular weight excluding hydrogens is 264 g/mol. The Kier molecular flexibility index (Phi) is 6.74. The molecule has 3 N–H and O–H groups in total. The van der Waals surface area contributed by atoms with E-state index in [9.17, 15) is 14.7 Å². The number of carboxylic acid groups (broad SMARTS) is 1. The van der Waals surface area contributed by atoms with E-state index in [0.717, 1.165) is 12.8 Å². The van der Waals surface area contributed by atoms with E-state index < -0.39 is 23.5 Å². The summed E-state index contributed by atoms with van der Waals surface area (Å²) in [6, 6.07) is -0.923. The standard InChI is InChI=1S/C13H24N2O5/c1-3-4-6-19-7-5-14-12(18)15-10-8-20-9-13(10,2)11(16)17/h10H,3-9H2,1-2H3,(H,16,17)(H2,14,15,18). The average Bonchev–Trinajstić information content (AvgIpc) is 2.76. The number of hydrogen-bond donors (Lipinski definition) is 3. The van der Waals surface area contributed by atoms with Crippen LogP contribution in [0.15, 0.2) is 0 Å². The van der Waals surface area contributed by atoms with Crippen molar-refractivity contribution < 1.29 is 24.2 Å². The topological polar surface area (TPSA) is 96.9 Å². The molecule has 2 atom stereocenters. The average molecular weight is 288 g/mol. The highest BCUT2D eigenvalue weighted by Gasteiger charge is 2.47. The maximum atomic E-state index is 11.7. The number of ether oxygens (including phenoxy) is 2. The minimum atomic E-state index is -1.07. The van der Waals surface area contributed by atoms with Crippen LogP contribution in [0, 0.1) is 5.41 Å². The third-order valence-corrected chi connectivity index (χ3v) is 3.42. The summed E-state index contributed by atoms with van der Waals surface area (Å²) in [4.78, 5) is 22.9. The van der Waals surface area contributed by atoms with Crippen molar-refractivity contribution in [3.8, 4) is 0 Å². The van der Waals surface area contributed by atoms with E-state index in [0.29, 0.717) is 19.8 Å². The number of amides is 2. The Balaban J connectivity index is 2.23. The van der Waals surface area contributed by atoms with Crippen LogP contribution in [0.2, 0.25) is 0 Å². The molecule has 0 aromatic heterocycles. The Labute approximate surface area is 119 Å². The third kappa shape index (κ3) is 4.64. The minimum absolute atomic E-state index is 0.105. The molecule has 1 aliphatic heterocycles. The molecule has 0 bridgehead atoms. The van der Waals surface area contributed by atoms with Crippen LogP contribution in [0.1, 0.15) is 26.7 Å². The lowest BCUT2D eigenvalue weighted by Crippen LogP contribution is -2.52. The second-order valence-corrected chi connectivity index (χ2v) is 5.16. The first-order valence-corrected chi connectivity index (χ1v) is 6.94. The molecule has 0 spiro atoms. The molecule has 2 amide bonds. The van der Waals surface area contributed by atoms with Crippen LogP contribution in [-0.4, -0.2) is 56.1 Å². The van der Waals surface area contributed by atoms with Gasteiger partial charge in [0.1, 0.15) is 5.41 Å². The van der Waals surface area contributed by atoms with Gasteiger partial charge in [-0.1, -0.05) is 13.3 Å². The molecule has 20 heavy (non-hydrogen) atoms. The second kappa shape index (κ2) is 8.06. The zero-order chi connectivity index (χ0) is 15.0. The number of aliphatic carboxylic acids is 1. The highest BCUT2D eigenvalue weighted by atomic mass is 16.5. The summed E-state index contributed by atoms with van der Waals surface area (Å²) < 4.78 is 10.5. The van der Waals surface area contributed by atoms with E-state index >= 15 is 0 Å². The fourth-order valence-corrected chi connectivity index (χ4v) is 1.88. The van der Waals surface area contributed by atoms with Gasteiger partial charge in [0.05, 0.1) is 25.9 Å². The van der Waals surface area contributed by atoms with Crippen LogP contribution in [-0.2, 0) is 14.3 Å². The molecule has 0 saturated carbocycles. The van der Waals surface area contributed by atoms with Crippen LogP contribution in [0.5, 0.6) is 0 Å². The number of carbonyl (C=O) groups excluding carboxylic acids is 1. The highest BCUT2D eigenvalue weighted by molar-refractivity contribution is 5.79. The summed E-state index contributed by atoms with van der Waals surface area (Å²) in [5.41, 5.74) is -1.07. The lowest BCUT2D eigenvalue weighted by molar-refractivity contribution is -0.148. The molecular formula is C13H24N2O5.